The molecule has 1 aromatic carbocycles. The van der Waals surface area contributed by atoms with Crippen LogP contribution in [-0.2, 0) is 16.1 Å². The molecule has 0 bridgehead atoms. The van der Waals surface area contributed by atoms with Gasteiger partial charge in [0, 0.05) is 24.4 Å². The van der Waals surface area contributed by atoms with Crippen molar-refractivity contribution >= 4 is 23.0 Å². The van der Waals surface area contributed by atoms with Crippen molar-refractivity contribution in [2.45, 2.75) is 13.0 Å². The molecule has 2 rings (SSSR count). The Hall–Kier alpha value is -2.07. The number of hydrogen-bond acceptors (Lipinski definition) is 5. The van der Waals surface area contributed by atoms with E-state index in [2.05, 4.69) is 0 Å². The van der Waals surface area contributed by atoms with Gasteiger partial charge in [-0.25, -0.2) is 4.39 Å². The molecule has 0 radical (unpaired) electrons. The Bertz CT molecular complexity index is 600. The normalized spacial score (nSPS) is 14.1. The van der Waals surface area contributed by atoms with Crippen LogP contribution in [0, 0.1) is 17.1 Å². The van der Waals surface area contributed by atoms with Gasteiger partial charge in [0.15, 0.2) is 0 Å². The van der Waals surface area contributed by atoms with Crippen molar-refractivity contribution in [1.29, 1.82) is 5.26 Å². The molecule has 110 valence electrons. The van der Waals surface area contributed by atoms with E-state index in [1.165, 1.54) is 23.9 Å². The Balaban J connectivity index is 1.79. The van der Waals surface area contributed by atoms with Crippen LogP contribution >= 0.6 is 11.8 Å². The topological polar surface area (TPSA) is 70.4 Å². The van der Waals surface area contributed by atoms with Gasteiger partial charge in [0.2, 0.25) is 0 Å². The molecule has 0 aromatic heterocycles. The molecule has 0 N–H and O–H groups in total. The van der Waals surface area contributed by atoms with Gasteiger partial charge < -0.3 is 9.64 Å². The third-order valence-corrected chi connectivity index (χ3v) is 3.89. The lowest BCUT2D eigenvalue weighted by Crippen LogP contribution is -2.26. The third kappa shape index (κ3) is 4.20. The standard InChI is InChI=1S/C14H13FN2O3S/c15-12-7-10(8-16)1-2-11(12)9-20-13(18)3-4-17-5-6-21-14(17)19/h1-2,7H,3-6,9H2. The summed E-state index contributed by atoms with van der Waals surface area (Å²) in [5.41, 5.74) is 0.433. The van der Waals surface area contributed by atoms with Crippen LogP contribution in [0.15, 0.2) is 18.2 Å². The number of ether oxygens (including phenoxy) is 1. The summed E-state index contributed by atoms with van der Waals surface area (Å²) in [7, 11) is 0. The van der Waals surface area contributed by atoms with E-state index in [1.807, 2.05) is 6.07 Å². The second-order valence-electron chi connectivity index (χ2n) is 4.43. The van der Waals surface area contributed by atoms with Gasteiger partial charge in [0.05, 0.1) is 18.1 Å². The van der Waals surface area contributed by atoms with Gasteiger partial charge in [0.1, 0.15) is 12.4 Å². The summed E-state index contributed by atoms with van der Waals surface area (Å²) in [6.45, 7) is 0.778. The summed E-state index contributed by atoms with van der Waals surface area (Å²) in [4.78, 5) is 24.5. The summed E-state index contributed by atoms with van der Waals surface area (Å²) < 4.78 is 18.5. The first kappa shape index (κ1) is 15.3. The van der Waals surface area contributed by atoms with Gasteiger partial charge in [-0.1, -0.05) is 17.8 Å². The van der Waals surface area contributed by atoms with Crippen molar-refractivity contribution in [2.24, 2.45) is 0 Å². The maximum Gasteiger partial charge on any atom is 0.307 e. The number of benzene rings is 1. The van der Waals surface area contributed by atoms with Crippen LogP contribution < -0.4 is 0 Å². The minimum atomic E-state index is -0.576. The Labute approximate surface area is 125 Å². The third-order valence-electron chi connectivity index (χ3n) is 3.00. The number of nitriles is 1. The van der Waals surface area contributed by atoms with E-state index in [4.69, 9.17) is 10.00 Å². The van der Waals surface area contributed by atoms with E-state index in [9.17, 15) is 14.0 Å². The molecule has 7 heteroatoms. The molecule has 0 saturated carbocycles. The predicted molar refractivity (Wildman–Crippen MR) is 75.0 cm³/mol. The number of rotatable bonds is 5. The van der Waals surface area contributed by atoms with Crippen LogP contribution in [0.2, 0.25) is 0 Å². The molecule has 0 unspecified atom stereocenters. The molecule has 0 aliphatic carbocycles. The molecule has 1 fully saturated rings. The van der Waals surface area contributed by atoms with Crippen LogP contribution in [0.5, 0.6) is 0 Å². The summed E-state index contributed by atoms with van der Waals surface area (Å²) >= 11 is 1.23. The Morgan fingerprint density at radius 2 is 2.33 bits per heavy atom. The fourth-order valence-electron chi connectivity index (χ4n) is 1.82. The van der Waals surface area contributed by atoms with Crippen LogP contribution in [-0.4, -0.2) is 35.0 Å². The lowest BCUT2D eigenvalue weighted by atomic mass is 10.1. The number of nitrogens with zero attached hydrogens (tertiary/aromatic N) is 2. The molecule has 1 aromatic rings. The fraction of sp³-hybridized carbons (Fsp3) is 0.357. The average molecular weight is 308 g/mol. The number of halogens is 1. The van der Waals surface area contributed by atoms with Crippen molar-refractivity contribution in [3.63, 3.8) is 0 Å². The van der Waals surface area contributed by atoms with Gasteiger partial charge >= 0.3 is 5.97 Å². The van der Waals surface area contributed by atoms with E-state index in [0.717, 1.165) is 11.8 Å². The Morgan fingerprint density at radius 3 is 2.95 bits per heavy atom. The zero-order chi connectivity index (χ0) is 15.2. The molecule has 1 amide bonds. The van der Waals surface area contributed by atoms with Crippen LogP contribution in [0.1, 0.15) is 17.5 Å². The molecule has 5 nitrogen and oxygen atoms in total. The molecular weight excluding hydrogens is 295 g/mol. The van der Waals surface area contributed by atoms with Gasteiger partial charge in [-0.05, 0) is 12.1 Å². The SMILES string of the molecule is N#Cc1ccc(COC(=O)CCN2CCSC2=O)c(F)c1. The zero-order valence-electron chi connectivity index (χ0n) is 11.2. The van der Waals surface area contributed by atoms with Crippen LogP contribution in [0.25, 0.3) is 0 Å². The van der Waals surface area contributed by atoms with Gasteiger partial charge in [-0.2, -0.15) is 5.26 Å². The minimum absolute atomic E-state index is 0.0269. The molecule has 1 aliphatic heterocycles. The predicted octanol–water partition coefficient (Wildman–Crippen LogP) is 2.30. The largest absolute Gasteiger partial charge is 0.461 e. The van der Waals surface area contributed by atoms with Crippen LogP contribution in [0.3, 0.4) is 0 Å². The minimum Gasteiger partial charge on any atom is -0.461 e. The maximum absolute atomic E-state index is 13.6. The first-order valence-corrected chi connectivity index (χ1v) is 7.34. The lowest BCUT2D eigenvalue weighted by molar-refractivity contribution is -0.145. The maximum atomic E-state index is 13.6. The van der Waals surface area contributed by atoms with Gasteiger partial charge in [-0.15, -0.1) is 0 Å². The number of carbonyl (C=O) groups excluding carboxylic acids is 2. The van der Waals surface area contributed by atoms with E-state index >= 15 is 0 Å². The monoisotopic (exact) mass is 308 g/mol. The summed E-state index contributed by atoms with van der Waals surface area (Å²) in [6, 6.07) is 5.81. The first-order chi connectivity index (χ1) is 10.1. The van der Waals surface area contributed by atoms with Crippen molar-refractivity contribution < 1.29 is 18.7 Å². The highest BCUT2D eigenvalue weighted by Gasteiger charge is 2.21. The molecular formula is C14H13FN2O3S. The highest BCUT2D eigenvalue weighted by molar-refractivity contribution is 8.13. The van der Waals surface area contributed by atoms with Gasteiger partial charge in [0.25, 0.3) is 5.24 Å². The smallest absolute Gasteiger partial charge is 0.307 e. The van der Waals surface area contributed by atoms with Crippen LogP contribution in [0.4, 0.5) is 9.18 Å². The highest BCUT2D eigenvalue weighted by Crippen LogP contribution is 2.17. The van der Waals surface area contributed by atoms with E-state index < -0.39 is 11.8 Å². The first-order valence-electron chi connectivity index (χ1n) is 6.36. The number of amides is 1. The van der Waals surface area contributed by atoms with Crippen molar-refractivity contribution in [3.05, 3.63) is 35.1 Å². The molecule has 1 heterocycles. The van der Waals surface area contributed by atoms with E-state index in [1.54, 1.807) is 4.90 Å². The lowest BCUT2D eigenvalue weighted by Gasteiger charge is -2.13. The Morgan fingerprint density at radius 1 is 1.52 bits per heavy atom. The molecule has 1 aliphatic rings. The zero-order valence-corrected chi connectivity index (χ0v) is 12.0. The highest BCUT2D eigenvalue weighted by atomic mass is 32.2. The summed E-state index contributed by atoms with van der Waals surface area (Å²) in [6.07, 6.45) is 0.0875. The second-order valence-corrected chi connectivity index (χ2v) is 5.48. The molecule has 0 spiro atoms. The molecule has 0 atom stereocenters. The number of thioether (sulfide) groups is 1. The summed E-state index contributed by atoms with van der Waals surface area (Å²) in [5, 5.41) is 8.60. The van der Waals surface area contributed by atoms with Crippen molar-refractivity contribution in [1.82, 2.24) is 4.90 Å². The fourth-order valence-corrected chi connectivity index (χ4v) is 2.67. The average Bonchev–Trinajstić information content (AvgIpc) is 2.89. The molecule has 1 saturated heterocycles. The summed E-state index contributed by atoms with van der Waals surface area (Å²) in [5.74, 6) is -0.318. The number of hydrogen-bond donors (Lipinski definition) is 0. The second kappa shape index (κ2) is 7.09. The van der Waals surface area contributed by atoms with Gasteiger partial charge in [-0.3, -0.25) is 9.59 Å². The van der Waals surface area contributed by atoms with E-state index in [-0.39, 0.29) is 29.4 Å². The van der Waals surface area contributed by atoms with E-state index in [0.29, 0.717) is 13.1 Å². The van der Waals surface area contributed by atoms with Crippen molar-refractivity contribution in [2.75, 3.05) is 18.8 Å². The number of esters is 1. The quantitative estimate of drug-likeness (QED) is 0.781. The van der Waals surface area contributed by atoms with Crippen molar-refractivity contribution in [3.8, 4) is 6.07 Å². The number of carbonyl (C=O) groups is 2. The molecule has 21 heavy (non-hydrogen) atoms. The Kier molecular flexibility index (Phi) is 5.17.